The number of fused-ring (bicyclic) bond motifs is 1. The highest BCUT2D eigenvalue weighted by molar-refractivity contribution is 6.30. The normalized spacial score (nSPS) is 20.1. The van der Waals surface area contributed by atoms with E-state index in [9.17, 15) is 14.0 Å². The minimum absolute atomic E-state index is 0.0651. The van der Waals surface area contributed by atoms with Crippen molar-refractivity contribution >= 4 is 29.4 Å². The number of nitrogens with zero attached hydrogens (tertiary/aromatic N) is 7. The highest BCUT2D eigenvalue weighted by Gasteiger charge is 2.43. The summed E-state index contributed by atoms with van der Waals surface area (Å²) < 4.78 is 22.6. The molecule has 1 aliphatic carbocycles. The lowest BCUT2D eigenvalue weighted by atomic mass is 9.90. The summed E-state index contributed by atoms with van der Waals surface area (Å²) in [4.78, 5) is 38.2. The van der Waals surface area contributed by atoms with Crippen molar-refractivity contribution in [2.45, 2.75) is 71.5 Å². The van der Waals surface area contributed by atoms with Crippen LogP contribution in [0.5, 0.6) is 5.75 Å². The number of halogens is 2. The van der Waals surface area contributed by atoms with Gasteiger partial charge >= 0.3 is 0 Å². The highest BCUT2D eigenvalue weighted by atomic mass is 35.5. The van der Waals surface area contributed by atoms with Crippen molar-refractivity contribution < 1.29 is 18.7 Å². The minimum Gasteiger partial charge on any atom is -0.493 e. The predicted molar refractivity (Wildman–Crippen MR) is 166 cm³/mol. The number of carbonyl (C=O) groups is 2. The Balaban J connectivity index is 0.928. The number of ether oxygens (including phenoxy) is 1. The van der Waals surface area contributed by atoms with Crippen LogP contribution in [-0.2, 0) is 24.3 Å². The van der Waals surface area contributed by atoms with E-state index in [1.807, 2.05) is 20.8 Å². The summed E-state index contributed by atoms with van der Waals surface area (Å²) in [7, 11) is 0. The Kier molecular flexibility index (Phi) is 8.94. The Morgan fingerprint density at radius 2 is 1.84 bits per heavy atom. The summed E-state index contributed by atoms with van der Waals surface area (Å²) in [6.45, 7) is 9.14. The van der Waals surface area contributed by atoms with Gasteiger partial charge in [0.2, 0.25) is 17.7 Å². The maximum absolute atomic E-state index is 15.0. The van der Waals surface area contributed by atoms with Crippen molar-refractivity contribution in [3.63, 3.8) is 0 Å². The van der Waals surface area contributed by atoms with Gasteiger partial charge in [-0.2, -0.15) is 0 Å². The second kappa shape index (κ2) is 12.9. The maximum Gasteiger partial charge on any atom is 0.289 e. The maximum atomic E-state index is 15.0. The quantitative estimate of drug-likeness (QED) is 0.369. The molecule has 1 aromatic carbocycles. The molecule has 0 radical (unpaired) electrons. The van der Waals surface area contributed by atoms with Gasteiger partial charge < -0.3 is 24.4 Å². The molecule has 1 saturated carbocycles. The smallest absolute Gasteiger partial charge is 0.289 e. The fraction of sp³-hybridized carbons (Fsp3) is 0.562. The van der Waals surface area contributed by atoms with Gasteiger partial charge in [0.25, 0.3) is 5.91 Å². The Hall–Kier alpha value is -3.80. The van der Waals surface area contributed by atoms with Crippen molar-refractivity contribution in [3.8, 4) is 5.75 Å². The Labute approximate surface area is 267 Å². The number of aromatic nitrogens is 5. The lowest BCUT2D eigenvalue weighted by Crippen LogP contribution is -2.43. The molecule has 3 aliphatic rings. The van der Waals surface area contributed by atoms with Gasteiger partial charge in [-0.05, 0) is 75.8 Å². The van der Waals surface area contributed by atoms with E-state index in [-0.39, 0.29) is 30.6 Å². The van der Waals surface area contributed by atoms with E-state index in [1.165, 1.54) is 12.5 Å². The molecule has 11 nitrogen and oxygen atoms in total. The van der Waals surface area contributed by atoms with Gasteiger partial charge in [-0.3, -0.25) is 9.59 Å². The van der Waals surface area contributed by atoms with Crippen LogP contribution in [0, 0.1) is 23.6 Å². The van der Waals surface area contributed by atoms with Crippen LogP contribution in [0.4, 0.5) is 10.3 Å². The molecule has 1 N–H and O–H groups in total. The SMILES string of the molecule is CC(C)(C)NC(=O)c1nnc2n1CCN(C(=O)Cc1ccc(OCC[C@@H]3CC3C3CCN(c4ncc(Cl)cn4)CC3)cc1F)C2. The molecule has 2 amide bonds. The molecule has 240 valence electrons. The van der Waals surface area contributed by atoms with Crippen LogP contribution in [0.3, 0.4) is 0 Å². The van der Waals surface area contributed by atoms with E-state index in [1.54, 1.807) is 34.0 Å². The topological polar surface area (TPSA) is 118 Å². The second-order valence-electron chi connectivity index (χ2n) is 13.4. The van der Waals surface area contributed by atoms with Crippen LogP contribution in [0.15, 0.2) is 30.6 Å². The largest absolute Gasteiger partial charge is 0.493 e. The average molecular weight is 639 g/mol. The summed E-state index contributed by atoms with van der Waals surface area (Å²) in [5.74, 6) is 3.11. The van der Waals surface area contributed by atoms with Crippen molar-refractivity contribution in [1.29, 1.82) is 0 Å². The highest BCUT2D eigenvalue weighted by Crippen LogP contribution is 2.49. The Morgan fingerprint density at radius 3 is 2.56 bits per heavy atom. The molecular weight excluding hydrogens is 599 g/mol. The fourth-order valence-corrected chi connectivity index (χ4v) is 6.57. The summed E-state index contributed by atoms with van der Waals surface area (Å²) in [6.07, 6.45) is 7.65. The van der Waals surface area contributed by atoms with Crippen LogP contribution in [-0.4, -0.2) is 73.2 Å². The number of anilines is 1. The Bertz CT molecular complexity index is 1530. The third-order valence-corrected chi connectivity index (χ3v) is 9.13. The molecule has 3 aromatic rings. The van der Waals surface area contributed by atoms with E-state index >= 15 is 0 Å². The van der Waals surface area contributed by atoms with Crippen molar-refractivity contribution in [2.24, 2.45) is 17.8 Å². The first-order valence-corrected chi connectivity index (χ1v) is 16.1. The summed E-state index contributed by atoms with van der Waals surface area (Å²) >= 11 is 5.91. The number of rotatable bonds is 9. The molecule has 0 spiro atoms. The molecule has 2 aromatic heterocycles. The van der Waals surface area contributed by atoms with E-state index in [4.69, 9.17) is 16.3 Å². The molecule has 1 saturated heterocycles. The van der Waals surface area contributed by atoms with Gasteiger partial charge in [-0.1, -0.05) is 17.7 Å². The van der Waals surface area contributed by atoms with Crippen molar-refractivity contribution in [1.82, 2.24) is 34.9 Å². The first-order valence-electron chi connectivity index (χ1n) is 15.7. The van der Waals surface area contributed by atoms with Crippen LogP contribution in [0.1, 0.15) is 68.5 Å². The zero-order valence-electron chi connectivity index (χ0n) is 26.0. The van der Waals surface area contributed by atoms with Gasteiger partial charge in [0.15, 0.2) is 5.82 Å². The summed E-state index contributed by atoms with van der Waals surface area (Å²) in [5, 5.41) is 11.6. The van der Waals surface area contributed by atoms with Crippen LogP contribution >= 0.6 is 11.6 Å². The molecule has 2 fully saturated rings. The number of piperidine rings is 1. The van der Waals surface area contributed by atoms with E-state index < -0.39 is 11.4 Å². The number of hydrogen-bond acceptors (Lipinski definition) is 8. The average Bonchev–Trinajstić information content (AvgIpc) is 3.65. The van der Waals surface area contributed by atoms with Gasteiger partial charge in [0.1, 0.15) is 11.6 Å². The van der Waals surface area contributed by atoms with Crippen LogP contribution < -0.4 is 15.0 Å². The van der Waals surface area contributed by atoms with Gasteiger partial charge in [-0.25, -0.2) is 14.4 Å². The fourth-order valence-electron chi connectivity index (χ4n) is 6.48. The molecule has 0 bridgehead atoms. The summed E-state index contributed by atoms with van der Waals surface area (Å²) in [6, 6.07) is 4.73. The molecule has 13 heteroatoms. The van der Waals surface area contributed by atoms with E-state index in [2.05, 4.69) is 30.4 Å². The van der Waals surface area contributed by atoms with Crippen LogP contribution in [0.2, 0.25) is 5.02 Å². The zero-order valence-corrected chi connectivity index (χ0v) is 26.8. The summed E-state index contributed by atoms with van der Waals surface area (Å²) in [5.41, 5.74) is -0.0815. The number of hydrogen-bond donors (Lipinski definition) is 1. The Morgan fingerprint density at radius 1 is 1.09 bits per heavy atom. The van der Waals surface area contributed by atoms with Crippen molar-refractivity contribution in [2.75, 3.05) is 31.1 Å². The zero-order chi connectivity index (χ0) is 31.7. The standard InChI is InChI=1S/C32H40ClFN8O3/c1-32(2,3)37-30(44)29-39-38-27-19-41(11-12-42(27)29)28(43)15-22-4-5-24(16-26(22)34)45-13-8-21-14-25(21)20-6-9-40(10-7-20)31-35-17-23(33)18-36-31/h4-5,16-18,20-21,25H,6-15,19H2,1-3H3,(H,37,44)/t21-,25?/m1/s1. The number of carbonyl (C=O) groups excluding carboxylic acids is 2. The van der Waals surface area contributed by atoms with E-state index in [0.29, 0.717) is 53.7 Å². The molecule has 45 heavy (non-hydrogen) atoms. The molecular formula is C32H40ClFN8O3. The van der Waals surface area contributed by atoms with Crippen LogP contribution in [0.25, 0.3) is 0 Å². The van der Waals surface area contributed by atoms with Gasteiger partial charge in [-0.15, -0.1) is 10.2 Å². The van der Waals surface area contributed by atoms with Crippen molar-refractivity contribution in [3.05, 3.63) is 58.6 Å². The monoisotopic (exact) mass is 638 g/mol. The first-order chi connectivity index (χ1) is 21.5. The number of amides is 2. The van der Waals surface area contributed by atoms with Gasteiger partial charge in [0.05, 0.1) is 37.0 Å². The molecule has 2 atom stereocenters. The molecule has 4 heterocycles. The third kappa shape index (κ3) is 7.54. The second-order valence-corrected chi connectivity index (χ2v) is 13.8. The third-order valence-electron chi connectivity index (χ3n) is 8.93. The minimum atomic E-state index is -0.456. The lowest BCUT2D eigenvalue weighted by Gasteiger charge is -2.32. The lowest BCUT2D eigenvalue weighted by molar-refractivity contribution is -0.132. The van der Waals surface area contributed by atoms with Gasteiger partial charge in [0, 0.05) is 37.8 Å². The van der Waals surface area contributed by atoms with E-state index in [0.717, 1.165) is 44.2 Å². The molecule has 2 aliphatic heterocycles. The number of nitrogens with one attached hydrogen (secondary N) is 1. The molecule has 1 unspecified atom stereocenters. The predicted octanol–water partition coefficient (Wildman–Crippen LogP) is 4.30. The first kappa shape index (κ1) is 31.2. The molecule has 6 rings (SSSR count). The number of benzene rings is 1.